The van der Waals surface area contributed by atoms with E-state index in [-0.39, 0.29) is 0 Å². The Morgan fingerprint density at radius 3 is 1.94 bits per heavy atom. The van der Waals surface area contributed by atoms with Gasteiger partial charge in [0.2, 0.25) is 5.82 Å². The Labute approximate surface area is 209 Å². The first-order valence-electron chi connectivity index (χ1n) is 13.8. The number of aryl methyl sites for hydroxylation is 1. The van der Waals surface area contributed by atoms with Crippen LogP contribution in [-0.2, 0) is 6.54 Å². The highest BCUT2D eigenvalue weighted by Crippen LogP contribution is 2.24. The quantitative estimate of drug-likeness (QED) is 0.122. The largest absolute Gasteiger partial charge is 0.254 e. The van der Waals surface area contributed by atoms with Crippen molar-refractivity contribution >= 4 is 21.8 Å². The number of aromatic nitrogens is 6. The second-order valence-corrected chi connectivity index (χ2v) is 9.71. The van der Waals surface area contributed by atoms with Gasteiger partial charge in [0.25, 0.3) is 0 Å². The normalized spacial score (nSPS) is 11.6. The summed E-state index contributed by atoms with van der Waals surface area (Å²) in [5.41, 5.74) is 2.52. The second kappa shape index (κ2) is 13.9. The van der Waals surface area contributed by atoms with E-state index >= 15 is 0 Å². The lowest BCUT2D eigenvalue weighted by molar-refractivity contribution is 0.470. The minimum Gasteiger partial charge on any atom is -0.254 e. The molecule has 0 fully saturated rings. The van der Waals surface area contributed by atoms with Gasteiger partial charge in [-0.1, -0.05) is 115 Å². The molecule has 0 aliphatic heterocycles. The van der Waals surface area contributed by atoms with Gasteiger partial charge in [0.1, 0.15) is 5.69 Å². The average molecular weight is 473 g/mol. The lowest BCUT2D eigenvalue weighted by Gasteiger charge is -2.03. The summed E-state index contributed by atoms with van der Waals surface area (Å²) in [5, 5.41) is 15.2. The minimum atomic E-state index is 0.574. The number of rotatable bonds is 16. The Bertz CT molecular complexity index is 1170. The zero-order chi connectivity index (χ0) is 24.1. The van der Waals surface area contributed by atoms with E-state index in [1.807, 2.05) is 12.1 Å². The number of pyridine rings is 2. The summed E-state index contributed by atoms with van der Waals surface area (Å²) in [6.45, 7) is 3.09. The van der Waals surface area contributed by atoms with E-state index < -0.39 is 0 Å². The van der Waals surface area contributed by atoms with Crippen LogP contribution in [0.4, 0.5) is 0 Å². The third-order valence-electron chi connectivity index (χ3n) is 6.83. The maximum Gasteiger partial charge on any atom is 0.223 e. The summed E-state index contributed by atoms with van der Waals surface area (Å²) < 4.78 is 0. The van der Waals surface area contributed by atoms with Gasteiger partial charge in [-0.15, -0.1) is 10.2 Å². The standard InChI is InChI=1S/C29H40N6/c1-2-3-4-5-6-7-8-9-10-11-12-13-14-15-23-35-33-29(32-34-35)26-21-20-25-19-18-24-17-16-22-30-27(24)28(25)31-26/h16-22H,2-15,23H2,1H3. The Hall–Kier alpha value is -2.89. The summed E-state index contributed by atoms with van der Waals surface area (Å²) in [5.74, 6) is 0.574. The van der Waals surface area contributed by atoms with Gasteiger partial charge in [0, 0.05) is 17.0 Å². The first-order chi connectivity index (χ1) is 17.3. The molecule has 0 unspecified atom stereocenters. The molecule has 0 saturated heterocycles. The molecule has 3 aromatic heterocycles. The van der Waals surface area contributed by atoms with Crippen LogP contribution in [0.1, 0.15) is 96.8 Å². The number of benzene rings is 1. The van der Waals surface area contributed by atoms with Crippen molar-refractivity contribution in [1.29, 1.82) is 0 Å². The zero-order valence-electron chi connectivity index (χ0n) is 21.3. The van der Waals surface area contributed by atoms with E-state index in [9.17, 15) is 0 Å². The molecule has 35 heavy (non-hydrogen) atoms. The van der Waals surface area contributed by atoms with E-state index in [0.29, 0.717) is 5.82 Å². The number of hydrogen-bond donors (Lipinski definition) is 0. The fourth-order valence-electron chi connectivity index (χ4n) is 4.74. The van der Waals surface area contributed by atoms with E-state index in [2.05, 4.69) is 51.6 Å². The van der Waals surface area contributed by atoms with Crippen molar-refractivity contribution in [1.82, 2.24) is 30.2 Å². The highest BCUT2D eigenvalue weighted by atomic mass is 15.6. The lowest BCUT2D eigenvalue weighted by atomic mass is 10.0. The Morgan fingerprint density at radius 2 is 1.26 bits per heavy atom. The topological polar surface area (TPSA) is 69.4 Å². The highest BCUT2D eigenvalue weighted by molar-refractivity contribution is 6.03. The van der Waals surface area contributed by atoms with Crippen LogP contribution in [0.25, 0.3) is 33.3 Å². The Kier molecular flexibility index (Phi) is 9.98. The van der Waals surface area contributed by atoms with Crippen molar-refractivity contribution in [2.24, 2.45) is 0 Å². The van der Waals surface area contributed by atoms with E-state index in [0.717, 1.165) is 40.5 Å². The number of hydrogen-bond acceptors (Lipinski definition) is 5. The monoisotopic (exact) mass is 472 g/mol. The van der Waals surface area contributed by atoms with Crippen LogP contribution in [0.3, 0.4) is 0 Å². The Morgan fingerprint density at radius 1 is 0.657 bits per heavy atom. The number of tetrazole rings is 1. The molecule has 0 aliphatic carbocycles. The van der Waals surface area contributed by atoms with Crippen LogP contribution in [0.2, 0.25) is 0 Å². The van der Waals surface area contributed by atoms with Gasteiger partial charge in [0.15, 0.2) is 0 Å². The van der Waals surface area contributed by atoms with Crippen molar-refractivity contribution in [2.45, 2.75) is 103 Å². The SMILES string of the molecule is CCCCCCCCCCCCCCCCn1nnc(-c2ccc3ccc4cccnc4c3n2)n1. The molecule has 0 aliphatic rings. The molecule has 3 heterocycles. The predicted molar refractivity (Wildman–Crippen MR) is 144 cm³/mol. The molecule has 0 radical (unpaired) electrons. The van der Waals surface area contributed by atoms with Gasteiger partial charge < -0.3 is 0 Å². The molecule has 4 rings (SSSR count). The Balaban J connectivity index is 1.14. The number of fused-ring (bicyclic) bond motifs is 3. The molecule has 0 spiro atoms. The molecule has 0 N–H and O–H groups in total. The molecule has 0 saturated carbocycles. The molecule has 0 atom stereocenters. The third kappa shape index (κ3) is 7.55. The van der Waals surface area contributed by atoms with Crippen molar-refractivity contribution in [3.63, 3.8) is 0 Å². The summed E-state index contributed by atoms with van der Waals surface area (Å²) in [4.78, 5) is 11.1. The first-order valence-corrected chi connectivity index (χ1v) is 13.8. The molecular weight excluding hydrogens is 432 g/mol. The molecule has 4 aromatic rings. The van der Waals surface area contributed by atoms with Gasteiger partial charge >= 0.3 is 0 Å². The summed E-state index contributed by atoms with van der Waals surface area (Å²) >= 11 is 0. The molecule has 1 aromatic carbocycles. The van der Waals surface area contributed by atoms with Gasteiger partial charge in [-0.05, 0) is 23.8 Å². The summed E-state index contributed by atoms with van der Waals surface area (Å²) in [6, 6.07) is 12.2. The second-order valence-electron chi connectivity index (χ2n) is 9.71. The lowest BCUT2D eigenvalue weighted by Crippen LogP contribution is -2.02. The van der Waals surface area contributed by atoms with Crippen molar-refractivity contribution in [3.8, 4) is 11.5 Å². The van der Waals surface area contributed by atoms with Gasteiger partial charge in [-0.3, -0.25) is 4.98 Å². The van der Waals surface area contributed by atoms with Crippen molar-refractivity contribution in [2.75, 3.05) is 0 Å². The molecule has 0 bridgehead atoms. The molecule has 6 nitrogen and oxygen atoms in total. The van der Waals surface area contributed by atoms with E-state index in [4.69, 9.17) is 4.98 Å². The molecular formula is C29H40N6. The van der Waals surface area contributed by atoms with Gasteiger partial charge in [0.05, 0.1) is 17.6 Å². The summed E-state index contributed by atoms with van der Waals surface area (Å²) in [7, 11) is 0. The maximum atomic E-state index is 4.82. The van der Waals surface area contributed by atoms with E-state index in [1.165, 1.54) is 83.5 Å². The third-order valence-corrected chi connectivity index (χ3v) is 6.83. The van der Waals surface area contributed by atoms with Gasteiger partial charge in [-0.2, -0.15) is 4.80 Å². The van der Waals surface area contributed by atoms with Crippen molar-refractivity contribution < 1.29 is 0 Å². The van der Waals surface area contributed by atoms with Crippen LogP contribution >= 0.6 is 0 Å². The van der Waals surface area contributed by atoms with E-state index in [1.54, 1.807) is 11.0 Å². The van der Waals surface area contributed by atoms with Crippen LogP contribution in [-0.4, -0.2) is 30.2 Å². The first kappa shape index (κ1) is 25.2. The predicted octanol–water partition coefficient (Wildman–Crippen LogP) is 7.92. The van der Waals surface area contributed by atoms with Crippen LogP contribution < -0.4 is 0 Å². The van der Waals surface area contributed by atoms with Crippen LogP contribution in [0, 0.1) is 0 Å². The smallest absolute Gasteiger partial charge is 0.223 e. The van der Waals surface area contributed by atoms with Gasteiger partial charge in [-0.25, -0.2) is 4.98 Å². The zero-order valence-corrected chi connectivity index (χ0v) is 21.3. The fraction of sp³-hybridized carbons (Fsp3) is 0.552. The van der Waals surface area contributed by atoms with Crippen molar-refractivity contribution in [3.05, 3.63) is 42.6 Å². The number of nitrogens with zero attached hydrogens (tertiary/aromatic N) is 6. The summed E-state index contributed by atoms with van der Waals surface area (Å²) in [6.07, 6.45) is 20.8. The highest BCUT2D eigenvalue weighted by Gasteiger charge is 2.10. The number of unbranched alkanes of at least 4 members (excludes halogenated alkanes) is 13. The van der Waals surface area contributed by atoms with Crippen LogP contribution in [0.15, 0.2) is 42.6 Å². The average Bonchev–Trinajstić information content (AvgIpc) is 3.37. The molecule has 6 heteroatoms. The minimum absolute atomic E-state index is 0.574. The molecule has 0 amide bonds. The van der Waals surface area contributed by atoms with Crippen LogP contribution in [0.5, 0.6) is 0 Å². The fourth-order valence-corrected chi connectivity index (χ4v) is 4.74. The maximum absolute atomic E-state index is 4.82. The molecule has 186 valence electrons.